The van der Waals surface area contributed by atoms with Crippen molar-refractivity contribution in [2.45, 2.75) is 45.1 Å². The van der Waals surface area contributed by atoms with Crippen LogP contribution in [0.15, 0.2) is 22.8 Å². The predicted octanol–water partition coefficient (Wildman–Crippen LogP) is 2.53. The number of likely N-dealkylation sites (tertiary alicyclic amines) is 2. The summed E-state index contributed by atoms with van der Waals surface area (Å²) in [7, 11) is 0. The van der Waals surface area contributed by atoms with Crippen LogP contribution < -0.4 is 0 Å². The Balaban J connectivity index is 1.55. The molecule has 2 aliphatic heterocycles. The van der Waals surface area contributed by atoms with E-state index in [1.54, 1.807) is 17.0 Å². The lowest BCUT2D eigenvalue weighted by atomic mass is 9.93. The number of rotatable bonds is 2. The third-order valence-electron chi connectivity index (χ3n) is 4.95. The highest BCUT2D eigenvalue weighted by atomic mass is 16.3. The van der Waals surface area contributed by atoms with Gasteiger partial charge in [0.2, 0.25) is 5.91 Å². The molecule has 1 unspecified atom stereocenters. The minimum Gasteiger partial charge on any atom is -0.459 e. The smallest absolute Gasteiger partial charge is 0.289 e. The first-order valence-corrected chi connectivity index (χ1v) is 8.30. The van der Waals surface area contributed by atoms with Gasteiger partial charge in [-0.25, -0.2) is 0 Å². The molecule has 0 saturated carbocycles. The molecule has 1 aromatic rings. The Bertz CT molecular complexity index is 518. The fourth-order valence-electron chi connectivity index (χ4n) is 3.55. The Hall–Kier alpha value is -1.78. The van der Waals surface area contributed by atoms with Crippen LogP contribution in [0, 0.1) is 5.92 Å². The molecule has 2 aliphatic rings. The lowest BCUT2D eigenvalue weighted by molar-refractivity contribution is -0.140. The van der Waals surface area contributed by atoms with Gasteiger partial charge >= 0.3 is 0 Å². The normalized spacial score (nSPS) is 23.6. The minimum absolute atomic E-state index is 0.0674. The predicted molar refractivity (Wildman–Crippen MR) is 82.4 cm³/mol. The molecular weight excluding hydrogens is 280 g/mol. The van der Waals surface area contributed by atoms with Gasteiger partial charge in [-0.2, -0.15) is 0 Å². The molecule has 1 aromatic heterocycles. The summed E-state index contributed by atoms with van der Waals surface area (Å²) in [5, 5.41) is 0. The summed E-state index contributed by atoms with van der Waals surface area (Å²) >= 11 is 0. The fourth-order valence-corrected chi connectivity index (χ4v) is 3.55. The number of carbonyl (C=O) groups excluding carboxylic acids is 2. The van der Waals surface area contributed by atoms with Gasteiger partial charge < -0.3 is 14.2 Å². The van der Waals surface area contributed by atoms with Gasteiger partial charge in [0.25, 0.3) is 5.91 Å². The molecule has 0 spiro atoms. The van der Waals surface area contributed by atoms with E-state index in [9.17, 15) is 9.59 Å². The summed E-state index contributed by atoms with van der Waals surface area (Å²) in [6.07, 6.45) is 6.48. The van der Waals surface area contributed by atoms with Crippen LogP contribution in [0.3, 0.4) is 0 Å². The molecule has 2 saturated heterocycles. The van der Waals surface area contributed by atoms with Crippen molar-refractivity contribution in [1.29, 1.82) is 0 Å². The van der Waals surface area contributed by atoms with Crippen molar-refractivity contribution in [3.8, 4) is 0 Å². The number of piperidine rings is 2. The maximum Gasteiger partial charge on any atom is 0.289 e. The van der Waals surface area contributed by atoms with Gasteiger partial charge in [-0.15, -0.1) is 0 Å². The highest BCUT2D eigenvalue weighted by molar-refractivity contribution is 5.91. The number of amides is 2. The Kier molecular flexibility index (Phi) is 4.50. The van der Waals surface area contributed by atoms with Gasteiger partial charge in [0.1, 0.15) is 0 Å². The summed E-state index contributed by atoms with van der Waals surface area (Å²) in [5.74, 6) is 0.676. The fraction of sp³-hybridized carbons (Fsp3) is 0.647. The van der Waals surface area contributed by atoms with E-state index in [-0.39, 0.29) is 17.7 Å². The van der Waals surface area contributed by atoms with Gasteiger partial charge in [-0.1, -0.05) is 0 Å². The third kappa shape index (κ3) is 3.03. The van der Waals surface area contributed by atoms with E-state index in [0.29, 0.717) is 24.9 Å². The van der Waals surface area contributed by atoms with Gasteiger partial charge in [0.05, 0.1) is 6.26 Å². The molecule has 1 atom stereocenters. The summed E-state index contributed by atoms with van der Waals surface area (Å²) in [6.45, 7) is 4.31. The average Bonchev–Trinajstić information content (AvgIpc) is 3.09. The summed E-state index contributed by atoms with van der Waals surface area (Å²) in [6, 6.07) is 3.78. The second-order valence-electron chi connectivity index (χ2n) is 6.42. The van der Waals surface area contributed by atoms with Crippen molar-refractivity contribution in [3.63, 3.8) is 0 Å². The Morgan fingerprint density at radius 1 is 1.14 bits per heavy atom. The van der Waals surface area contributed by atoms with Crippen LogP contribution in [0.2, 0.25) is 0 Å². The molecule has 3 rings (SSSR count). The van der Waals surface area contributed by atoms with Crippen LogP contribution in [0.4, 0.5) is 0 Å². The maximum atomic E-state index is 12.7. The molecule has 5 nitrogen and oxygen atoms in total. The Morgan fingerprint density at radius 3 is 2.55 bits per heavy atom. The Morgan fingerprint density at radius 2 is 1.91 bits per heavy atom. The van der Waals surface area contributed by atoms with E-state index in [4.69, 9.17) is 4.42 Å². The SMILES string of the molecule is CC1CCCCN1C(=O)C1CCN(C(=O)c2ccco2)CC1. The highest BCUT2D eigenvalue weighted by Gasteiger charge is 2.33. The number of hydrogen-bond donors (Lipinski definition) is 0. The molecule has 0 aromatic carbocycles. The van der Waals surface area contributed by atoms with E-state index in [0.717, 1.165) is 32.2 Å². The molecule has 0 bridgehead atoms. The zero-order valence-corrected chi connectivity index (χ0v) is 13.2. The van der Waals surface area contributed by atoms with Crippen LogP contribution >= 0.6 is 0 Å². The second-order valence-corrected chi connectivity index (χ2v) is 6.42. The third-order valence-corrected chi connectivity index (χ3v) is 4.95. The standard InChI is InChI=1S/C17H24N2O3/c1-13-5-2-3-9-19(13)16(20)14-7-10-18(11-8-14)17(21)15-6-4-12-22-15/h4,6,12-14H,2-3,5,7-11H2,1H3. The van der Waals surface area contributed by atoms with Crippen LogP contribution in [0.25, 0.3) is 0 Å². The van der Waals surface area contributed by atoms with Crippen molar-refractivity contribution < 1.29 is 14.0 Å². The van der Waals surface area contributed by atoms with E-state index in [2.05, 4.69) is 11.8 Å². The molecule has 0 radical (unpaired) electrons. The van der Waals surface area contributed by atoms with Crippen molar-refractivity contribution >= 4 is 11.8 Å². The highest BCUT2D eigenvalue weighted by Crippen LogP contribution is 2.25. The molecule has 22 heavy (non-hydrogen) atoms. The van der Waals surface area contributed by atoms with Gasteiger partial charge in [-0.3, -0.25) is 9.59 Å². The lowest BCUT2D eigenvalue weighted by Crippen LogP contribution is -2.48. The summed E-state index contributed by atoms with van der Waals surface area (Å²) in [5.41, 5.74) is 0. The van der Waals surface area contributed by atoms with Crippen molar-refractivity contribution in [1.82, 2.24) is 9.80 Å². The van der Waals surface area contributed by atoms with Gasteiger partial charge in [0.15, 0.2) is 5.76 Å². The van der Waals surface area contributed by atoms with E-state index in [1.807, 2.05) is 0 Å². The van der Waals surface area contributed by atoms with Crippen LogP contribution in [-0.4, -0.2) is 47.3 Å². The van der Waals surface area contributed by atoms with Crippen LogP contribution in [-0.2, 0) is 4.79 Å². The molecule has 0 N–H and O–H groups in total. The zero-order valence-electron chi connectivity index (χ0n) is 13.2. The summed E-state index contributed by atoms with van der Waals surface area (Å²) < 4.78 is 5.17. The van der Waals surface area contributed by atoms with E-state index < -0.39 is 0 Å². The zero-order chi connectivity index (χ0) is 15.5. The maximum absolute atomic E-state index is 12.7. The Labute approximate surface area is 131 Å². The van der Waals surface area contributed by atoms with Crippen molar-refractivity contribution in [3.05, 3.63) is 24.2 Å². The molecule has 2 fully saturated rings. The second kappa shape index (κ2) is 6.55. The largest absolute Gasteiger partial charge is 0.459 e. The lowest BCUT2D eigenvalue weighted by Gasteiger charge is -2.38. The quantitative estimate of drug-likeness (QED) is 0.843. The van der Waals surface area contributed by atoms with Crippen molar-refractivity contribution in [2.75, 3.05) is 19.6 Å². The summed E-state index contributed by atoms with van der Waals surface area (Å²) in [4.78, 5) is 28.7. The van der Waals surface area contributed by atoms with E-state index >= 15 is 0 Å². The van der Waals surface area contributed by atoms with Crippen LogP contribution in [0.5, 0.6) is 0 Å². The minimum atomic E-state index is -0.0674. The molecule has 0 aliphatic carbocycles. The topological polar surface area (TPSA) is 53.8 Å². The number of carbonyl (C=O) groups is 2. The molecule has 5 heteroatoms. The first-order chi connectivity index (χ1) is 10.7. The first kappa shape index (κ1) is 15.1. The average molecular weight is 304 g/mol. The van der Waals surface area contributed by atoms with E-state index in [1.165, 1.54) is 12.7 Å². The number of hydrogen-bond acceptors (Lipinski definition) is 3. The molecule has 120 valence electrons. The van der Waals surface area contributed by atoms with Gasteiger partial charge in [-0.05, 0) is 51.2 Å². The van der Waals surface area contributed by atoms with Gasteiger partial charge in [0, 0.05) is 31.6 Å². The number of furan rings is 1. The first-order valence-electron chi connectivity index (χ1n) is 8.30. The molecular formula is C17H24N2O3. The molecule has 2 amide bonds. The molecule has 3 heterocycles. The monoisotopic (exact) mass is 304 g/mol. The number of nitrogens with zero attached hydrogens (tertiary/aromatic N) is 2. The van der Waals surface area contributed by atoms with Crippen molar-refractivity contribution in [2.24, 2.45) is 5.92 Å². The van der Waals surface area contributed by atoms with Crippen LogP contribution in [0.1, 0.15) is 49.6 Å².